The Morgan fingerprint density at radius 1 is 1.26 bits per heavy atom. The molecule has 1 aromatic heterocycles. The van der Waals surface area contributed by atoms with Crippen LogP contribution in [0.3, 0.4) is 0 Å². The Labute approximate surface area is 211 Å². The number of amides is 1. The van der Waals surface area contributed by atoms with Gasteiger partial charge in [-0.2, -0.15) is 13.2 Å². The molecule has 3 rings (SSSR count). The first-order valence-corrected chi connectivity index (χ1v) is 15.1. The van der Waals surface area contributed by atoms with Crippen LogP contribution >= 0.6 is 15.9 Å². The number of Topliss-reactive ketones (excluding diaryl/α,β-unsaturated/α-hetero) is 1. The third kappa shape index (κ3) is 5.91. The number of carbonyl (C=O) groups excluding carboxylic acids is 1. The molecular weight excluding hydrogens is 547 g/mol. The maximum Gasteiger partial charge on any atom is 0.419 e. The number of carbonyl (C=O) groups is 2. The number of aromatic nitrogens is 2. The first kappa shape index (κ1) is 27.7. The van der Waals surface area contributed by atoms with E-state index in [1.165, 1.54) is 27.9 Å². The second kappa shape index (κ2) is 9.85. The molecule has 12 heteroatoms. The second-order valence-corrected chi connectivity index (χ2v) is 16.1. The molecule has 1 aromatic carbocycles. The second-order valence-electron chi connectivity index (χ2n) is 10.5. The zero-order chi connectivity index (χ0) is 26.3. The molecule has 0 aliphatic carbocycles. The van der Waals surface area contributed by atoms with Crippen LogP contribution in [0.5, 0.6) is 0 Å². The van der Waals surface area contributed by atoms with Crippen molar-refractivity contribution in [3.05, 3.63) is 28.5 Å². The molecule has 1 aliphatic rings. The van der Waals surface area contributed by atoms with Crippen LogP contribution in [0, 0.1) is 0 Å². The van der Waals surface area contributed by atoms with Crippen molar-refractivity contribution in [1.29, 1.82) is 0 Å². The predicted molar refractivity (Wildman–Crippen MR) is 132 cm³/mol. The lowest BCUT2D eigenvalue weighted by Gasteiger charge is -2.45. The van der Waals surface area contributed by atoms with Crippen LogP contribution in [0.1, 0.15) is 45.6 Å². The molecule has 0 unspecified atom stereocenters. The van der Waals surface area contributed by atoms with Gasteiger partial charge in [-0.15, -0.1) is 0 Å². The third-order valence-corrected chi connectivity index (χ3v) is 12.2. The minimum absolute atomic E-state index is 0.0894. The van der Waals surface area contributed by atoms with E-state index < -0.39 is 38.3 Å². The average Bonchev–Trinajstić information content (AvgIpc) is 3.09. The molecular formula is C23H31BrF3N3O4Si. The fraction of sp³-hybridized carbons (Fsp3) is 0.609. The highest BCUT2D eigenvalue weighted by Crippen LogP contribution is 2.40. The topological polar surface area (TPSA) is 84.7 Å². The van der Waals surface area contributed by atoms with Gasteiger partial charge >= 0.3 is 12.3 Å². The van der Waals surface area contributed by atoms with E-state index in [4.69, 9.17) is 4.43 Å². The Morgan fingerprint density at radius 3 is 2.49 bits per heavy atom. The van der Waals surface area contributed by atoms with Crippen molar-refractivity contribution < 1.29 is 32.3 Å². The van der Waals surface area contributed by atoms with E-state index in [1.807, 2.05) is 0 Å². The summed E-state index contributed by atoms with van der Waals surface area (Å²) < 4.78 is 48.4. The highest BCUT2D eigenvalue weighted by Gasteiger charge is 2.44. The highest BCUT2D eigenvalue weighted by molar-refractivity contribution is 9.10. The van der Waals surface area contributed by atoms with Gasteiger partial charge < -0.3 is 19.0 Å². The summed E-state index contributed by atoms with van der Waals surface area (Å²) in [7, 11) is -2.24. The molecule has 1 N–H and O–H groups in total. The van der Waals surface area contributed by atoms with E-state index in [-0.39, 0.29) is 39.3 Å². The standard InChI is InChI=1S/C23H31BrF3N3O4Si/c1-22(2,3)35(4,5)34-18-7-6-10-30(21(32)33)17(18)11-14(31)12-29-13-28-20-16(29)9-8-15(24)19(20)23(25,26)27/h8-9,13,17-18H,6-7,10-12H2,1-5H3,(H,32,33)/t17-,18+/m1/s1. The number of likely N-dealkylation sites (tertiary alicyclic amines) is 1. The first-order valence-electron chi connectivity index (χ1n) is 11.4. The Morgan fingerprint density at radius 2 is 1.91 bits per heavy atom. The number of hydrogen-bond acceptors (Lipinski definition) is 4. The summed E-state index contributed by atoms with van der Waals surface area (Å²) in [5.41, 5.74) is -0.960. The number of nitrogens with zero attached hydrogens (tertiary/aromatic N) is 3. The van der Waals surface area contributed by atoms with Crippen LogP contribution in [0.15, 0.2) is 22.9 Å². The maximum absolute atomic E-state index is 13.5. The van der Waals surface area contributed by atoms with Crippen molar-refractivity contribution in [3.63, 3.8) is 0 Å². The lowest BCUT2D eigenvalue weighted by molar-refractivity contribution is -0.137. The van der Waals surface area contributed by atoms with Gasteiger partial charge in [-0.3, -0.25) is 4.79 Å². The number of piperidine rings is 1. The van der Waals surface area contributed by atoms with Gasteiger partial charge in [0, 0.05) is 17.4 Å². The summed E-state index contributed by atoms with van der Waals surface area (Å²) in [6.07, 6.45) is -3.74. The summed E-state index contributed by atoms with van der Waals surface area (Å²) in [5, 5.41) is 9.68. The third-order valence-electron chi connectivity index (χ3n) is 7.02. The van der Waals surface area contributed by atoms with Gasteiger partial charge in [-0.05, 0) is 43.1 Å². The van der Waals surface area contributed by atoms with Crippen molar-refractivity contribution in [3.8, 4) is 0 Å². The van der Waals surface area contributed by atoms with Gasteiger partial charge in [-0.25, -0.2) is 9.78 Å². The molecule has 1 fully saturated rings. The number of rotatable bonds is 6. The number of hydrogen-bond donors (Lipinski definition) is 1. The normalized spacial score (nSPS) is 19.9. The van der Waals surface area contributed by atoms with Crippen molar-refractivity contribution >= 4 is 47.2 Å². The Bertz CT molecular complexity index is 1110. The van der Waals surface area contributed by atoms with Crippen LogP contribution in [-0.2, 0) is 21.9 Å². The fourth-order valence-corrected chi connectivity index (χ4v) is 6.11. The predicted octanol–water partition coefficient (Wildman–Crippen LogP) is 6.31. The average molecular weight is 579 g/mol. The van der Waals surface area contributed by atoms with Crippen molar-refractivity contribution in [2.75, 3.05) is 6.54 Å². The molecule has 2 atom stereocenters. The molecule has 0 radical (unpaired) electrons. The minimum Gasteiger partial charge on any atom is -0.465 e. The van der Waals surface area contributed by atoms with Crippen LogP contribution in [-0.4, -0.2) is 58.4 Å². The Kier molecular flexibility index (Phi) is 7.79. The lowest BCUT2D eigenvalue weighted by atomic mass is 9.95. The van der Waals surface area contributed by atoms with Gasteiger partial charge in [-0.1, -0.05) is 36.7 Å². The summed E-state index contributed by atoms with van der Waals surface area (Å²) >= 11 is 2.94. The van der Waals surface area contributed by atoms with Gasteiger partial charge in [0.25, 0.3) is 0 Å². The van der Waals surface area contributed by atoms with E-state index in [2.05, 4.69) is 54.8 Å². The SMILES string of the molecule is CC(C)(C)[Si](C)(C)O[C@H]1CCCN(C(=O)O)[C@@H]1CC(=O)Cn1cnc2c(C(F)(F)F)c(Br)ccc21. The number of halogens is 4. The molecule has 2 aromatic rings. The smallest absolute Gasteiger partial charge is 0.419 e. The summed E-state index contributed by atoms with van der Waals surface area (Å²) in [5.74, 6) is -0.303. The quantitative estimate of drug-likeness (QED) is 0.407. The molecule has 35 heavy (non-hydrogen) atoms. The van der Waals surface area contributed by atoms with E-state index >= 15 is 0 Å². The van der Waals surface area contributed by atoms with E-state index in [1.54, 1.807) is 0 Å². The molecule has 7 nitrogen and oxygen atoms in total. The van der Waals surface area contributed by atoms with Crippen molar-refractivity contribution in [2.45, 2.75) is 83.0 Å². The van der Waals surface area contributed by atoms with E-state index in [0.717, 1.165) is 0 Å². The molecule has 1 saturated heterocycles. The number of benzene rings is 1. The summed E-state index contributed by atoms with van der Waals surface area (Å²) in [6, 6.07) is 2.10. The number of carboxylic acid groups (broad SMARTS) is 1. The van der Waals surface area contributed by atoms with Crippen LogP contribution in [0.4, 0.5) is 18.0 Å². The van der Waals surface area contributed by atoms with Gasteiger partial charge in [0.1, 0.15) is 5.52 Å². The Balaban J connectivity index is 1.86. The Hall–Kier alpha value is -1.92. The van der Waals surface area contributed by atoms with Crippen molar-refractivity contribution in [1.82, 2.24) is 14.5 Å². The van der Waals surface area contributed by atoms with Gasteiger partial charge in [0.05, 0.1) is 36.1 Å². The molecule has 0 spiro atoms. The fourth-order valence-electron chi connectivity index (χ4n) is 4.18. The minimum atomic E-state index is -4.61. The number of alkyl halides is 3. The van der Waals surface area contributed by atoms with Crippen LogP contribution < -0.4 is 0 Å². The molecule has 2 heterocycles. The zero-order valence-corrected chi connectivity index (χ0v) is 23.0. The van der Waals surface area contributed by atoms with E-state index in [9.17, 15) is 27.9 Å². The van der Waals surface area contributed by atoms with Crippen molar-refractivity contribution in [2.24, 2.45) is 0 Å². The largest absolute Gasteiger partial charge is 0.465 e. The number of ketones is 1. The van der Waals surface area contributed by atoms with Crippen LogP contribution in [0.25, 0.3) is 11.0 Å². The molecule has 0 saturated carbocycles. The lowest BCUT2D eigenvalue weighted by Crippen LogP contribution is -2.56. The molecule has 1 aliphatic heterocycles. The molecule has 194 valence electrons. The summed E-state index contributed by atoms with van der Waals surface area (Å²) in [6.45, 7) is 10.5. The highest BCUT2D eigenvalue weighted by atomic mass is 79.9. The molecule has 1 amide bonds. The first-order chi connectivity index (χ1) is 16.0. The molecule has 0 bridgehead atoms. The monoisotopic (exact) mass is 577 g/mol. The zero-order valence-electron chi connectivity index (χ0n) is 20.4. The summed E-state index contributed by atoms with van der Waals surface area (Å²) in [4.78, 5) is 30.2. The van der Waals surface area contributed by atoms with Crippen LogP contribution in [0.2, 0.25) is 18.1 Å². The number of fused-ring (bicyclic) bond motifs is 1. The van der Waals surface area contributed by atoms with Gasteiger partial charge in [0.2, 0.25) is 0 Å². The number of imidazole rings is 1. The van der Waals surface area contributed by atoms with E-state index in [0.29, 0.717) is 19.4 Å². The van der Waals surface area contributed by atoms with Gasteiger partial charge in [0.15, 0.2) is 14.1 Å². The maximum atomic E-state index is 13.5.